The first-order valence-electron chi connectivity index (χ1n) is 10.7. The van der Waals surface area contributed by atoms with Crippen molar-refractivity contribution >= 4 is 27.5 Å². The number of nitrogens with one attached hydrogen (secondary N) is 1. The minimum absolute atomic E-state index is 0.124. The summed E-state index contributed by atoms with van der Waals surface area (Å²) < 4.78 is 31.7. The Balaban J connectivity index is 2.44. The second-order valence-electron chi connectivity index (χ2n) is 8.00. The molecule has 0 fully saturated rings. The van der Waals surface area contributed by atoms with E-state index in [0.29, 0.717) is 18.0 Å². The molecule has 2 aromatic rings. The Bertz CT molecular complexity index is 1100. The smallest absolute Gasteiger partial charge is 0.244 e. The number of sulfonamides is 1. The van der Waals surface area contributed by atoms with E-state index in [4.69, 9.17) is 4.74 Å². The maximum absolute atomic E-state index is 13.5. The zero-order valence-corrected chi connectivity index (χ0v) is 20.9. The van der Waals surface area contributed by atoms with Crippen molar-refractivity contribution in [3.05, 3.63) is 59.2 Å². The molecule has 0 aromatic heterocycles. The molecule has 0 bridgehead atoms. The van der Waals surface area contributed by atoms with Crippen LogP contribution >= 0.6 is 0 Å². The summed E-state index contributed by atoms with van der Waals surface area (Å²) in [7, 11) is -2.21. The van der Waals surface area contributed by atoms with E-state index in [2.05, 4.69) is 5.32 Å². The SMILES string of the molecule is CCNC(=O)[C@@H](C)N(Cc1cccc(OC)c1)C(=O)CN(c1cc(C)ccc1C)S(C)(=O)=O. The highest BCUT2D eigenvalue weighted by Gasteiger charge is 2.30. The number of carbonyl (C=O) groups excluding carboxylic acids is 2. The molecule has 0 spiro atoms. The summed E-state index contributed by atoms with van der Waals surface area (Å²) in [5.41, 5.74) is 2.81. The van der Waals surface area contributed by atoms with Gasteiger partial charge in [0, 0.05) is 13.1 Å². The van der Waals surface area contributed by atoms with Crippen molar-refractivity contribution in [2.24, 2.45) is 0 Å². The Morgan fingerprint density at radius 2 is 1.82 bits per heavy atom. The van der Waals surface area contributed by atoms with Crippen molar-refractivity contribution in [1.82, 2.24) is 10.2 Å². The van der Waals surface area contributed by atoms with Gasteiger partial charge in [-0.3, -0.25) is 13.9 Å². The van der Waals surface area contributed by atoms with Crippen LogP contribution in [0.1, 0.15) is 30.5 Å². The number of methoxy groups -OCH3 is 1. The van der Waals surface area contributed by atoms with Crippen molar-refractivity contribution in [1.29, 1.82) is 0 Å². The van der Waals surface area contributed by atoms with E-state index >= 15 is 0 Å². The maximum Gasteiger partial charge on any atom is 0.244 e. The molecule has 0 aliphatic rings. The van der Waals surface area contributed by atoms with Crippen molar-refractivity contribution in [2.75, 3.05) is 30.8 Å². The first kappa shape index (κ1) is 26.2. The number of aryl methyl sites for hydroxylation is 2. The van der Waals surface area contributed by atoms with Gasteiger partial charge in [-0.2, -0.15) is 0 Å². The number of hydrogen-bond donors (Lipinski definition) is 1. The van der Waals surface area contributed by atoms with Gasteiger partial charge in [-0.1, -0.05) is 24.3 Å². The zero-order chi connectivity index (χ0) is 24.8. The van der Waals surface area contributed by atoms with Gasteiger partial charge in [-0.25, -0.2) is 8.42 Å². The molecule has 1 atom stereocenters. The van der Waals surface area contributed by atoms with Crippen LogP contribution < -0.4 is 14.4 Å². The number of amides is 2. The maximum atomic E-state index is 13.5. The van der Waals surface area contributed by atoms with Crippen LogP contribution in [0.3, 0.4) is 0 Å². The molecule has 180 valence electrons. The molecule has 0 radical (unpaired) electrons. The third kappa shape index (κ3) is 6.95. The van der Waals surface area contributed by atoms with Gasteiger partial charge in [0.05, 0.1) is 19.1 Å². The summed E-state index contributed by atoms with van der Waals surface area (Å²) in [5.74, 6) is -0.173. The largest absolute Gasteiger partial charge is 0.497 e. The van der Waals surface area contributed by atoms with E-state index in [0.717, 1.165) is 27.3 Å². The quantitative estimate of drug-likeness (QED) is 0.570. The number of ether oxygens (including phenoxy) is 1. The van der Waals surface area contributed by atoms with Gasteiger partial charge in [0.1, 0.15) is 18.3 Å². The van der Waals surface area contributed by atoms with E-state index in [1.165, 1.54) is 4.90 Å². The standard InChI is InChI=1S/C24H33N3O5S/c1-7-25-24(29)19(4)26(15-20-9-8-10-21(14-20)32-5)23(28)16-27(33(6,30)31)22-13-17(2)11-12-18(22)3/h8-14,19H,7,15-16H2,1-6H3,(H,25,29)/t19-/m1/s1. The summed E-state index contributed by atoms with van der Waals surface area (Å²) >= 11 is 0. The van der Waals surface area contributed by atoms with E-state index < -0.39 is 28.5 Å². The van der Waals surface area contributed by atoms with E-state index in [-0.39, 0.29) is 12.5 Å². The molecule has 2 rings (SSSR count). The van der Waals surface area contributed by atoms with Crippen LogP contribution in [0.15, 0.2) is 42.5 Å². The molecular formula is C24H33N3O5S. The summed E-state index contributed by atoms with van der Waals surface area (Å²) in [6.45, 7) is 7.20. The van der Waals surface area contributed by atoms with Gasteiger partial charge < -0.3 is 15.0 Å². The molecule has 1 N–H and O–H groups in total. The van der Waals surface area contributed by atoms with Gasteiger partial charge in [0.15, 0.2) is 0 Å². The molecule has 8 nitrogen and oxygen atoms in total. The lowest BCUT2D eigenvalue weighted by molar-refractivity contribution is -0.139. The topological polar surface area (TPSA) is 96.0 Å². The Morgan fingerprint density at radius 1 is 1.12 bits per heavy atom. The molecule has 2 amide bonds. The van der Waals surface area contributed by atoms with Crippen LogP contribution in [-0.2, 0) is 26.2 Å². The number of carbonyl (C=O) groups is 2. The molecule has 9 heteroatoms. The third-order valence-electron chi connectivity index (χ3n) is 5.32. The van der Waals surface area contributed by atoms with Gasteiger partial charge in [0.25, 0.3) is 0 Å². The fourth-order valence-corrected chi connectivity index (χ4v) is 4.35. The molecule has 0 aliphatic carbocycles. The van der Waals surface area contributed by atoms with Crippen molar-refractivity contribution in [2.45, 2.75) is 40.3 Å². The Morgan fingerprint density at radius 3 is 2.42 bits per heavy atom. The molecule has 0 unspecified atom stereocenters. The average molecular weight is 476 g/mol. The minimum atomic E-state index is -3.76. The van der Waals surface area contributed by atoms with Gasteiger partial charge in [-0.05, 0) is 62.6 Å². The Hall–Kier alpha value is -3.07. The first-order valence-corrected chi connectivity index (χ1v) is 12.6. The van der Waals surface area contributed by atoms with E-state index in [9.17, 15) is 18.0 Å². The average Bonchev–Trinajstić information content (AvgIpc) is 2.76. The fraction of sp³-hybridized carbons (Fsp3) is 0.417. The van der Waals surface area contributed by atoms with Crippen molar-refractivity contribution in [3.63, 3.8) is 0 Å². The Kier molecular flexibility index (Phi) is 8.87. The fourth-order valence-electron chi connectivity index (χ4n) is 3.45. The highest BCUT2D eigenvalue weighted by atomic mass is 32.2. The van der Waals surface area contributed by atoms with Crippen LogP contribution in [-0.4, -0.2) is 57.6 Å². The van der Waals surface area contributed by atoms with E-state index in [1.807, 2.05) is 25.1 Å². The lowest BCUT2D eigenvalue weighted by Crippen LogP contribution is -2.51. The van der Waals surface area contributed by atoms with E-state index in [1.54, 1.807) is 52.1 Å². The molecular weight excluding hydrogens is 442 g/mol. The van der Waals surface area contributed by atoms with Crippen LogP contribution in [0.25, 0.3) is 0 Å². The number of benzene rings is 2. The molecule has 33 heavy (non-hydrogen) atoms. The van der Waals surface area contributed by atoms with Crippen molar-refractivity contribution < 1.29 is 22.7 Å². The van der Waals surface area contributed by atoms with Gasteiger partial charge in [0.2, 0.25) is 21.8 Å². The highest BCUT2D eigenvalue weighted by Crippen LogP contribution is 2.25. The number of nitrogens with zero attached hydrogens (tertiary/aromatic N) is 2. The predicted molar refractivity (Wildman–Crippen MR) is 130 cm³/mol. The Labute approximate surface area is 196 Å². The highest BCUT2D eigenvalue weighted by molar-refractivity contribution is 7.92. The van der Waals surface area contributed by atoms with Crippen LogP contribution in [0.4, 0.5) is 5.69 Å². The zero-order valence-electron chi connectivity index (χ0n) is 20.1. The van der Waals surface area contributed by atoms with Gasteiger partial charge in [-0.15, -0.1) is 0 Å². The number of anilines is 1. The lowest BCUT2D eigenvalue weighted by atomic mass is 10.1. The molecule has 0 saturated heterocycles. The van der Waals surface area contributed by atoms with Crippen LogP contribution in [0, 0.1) is 13.8 Å². The predicted octanol–water partition coefficient (Wildman–Crippen LogP) is 2.63. The second-order valence-corrected chi connectivity index (χ2v) is 9.91. The van der Waals surface area contributed by atoms with Crippen molar-refractivity contribution in [3.8, 4) is 5.75 Å². The summed E-state index contributed by atoms with van der Waals surface area (Å²) in [6, 6.07) is 11.8. The van der Waals surface area contributed by atoms with Crippen LogP contribution in [0.5, 0.6) is 5.75 Å². The summed E-state index contributed by atoms with van der Waals surface area (Å²) in [4.78, 5) is 27.5. The minimum Gasteiger partial charge on any atom is -0.497 e. The van der Waals surface area contributed by atoms with Gasteiger partial charge >= 0.3 is 0 Å². The summed E-state index contributed by atoms with van der Waals surface area (Å²) in [6.07, 6.45) is 1.07. The lowest BCUT2D eigenvalue weighted by Gasteiger charge is -2.32. The number of rotatable bonds is 10. The molecule has 2 aromatic carbocycles. The molecule has 0 heterocycles. The molecule has 0 saturated carbocycles. The summed E-state index contributed by atoms with van der Waals surface area (Å²) in [5, 5.41) is 2.73. The van der Waals surface area contributed by atoms with Crippen LogP contribution in [0.2, 0.25) is 0 Å². The first-order chi connectivity index (χ1) is 15.5. The molecule has 0 aliphatic heterocycles. The monoisotopic (exact) mass is 475 g/mol. The normalized spacial score (nSPS) is 12.1. The second kappa shape index (κ2) is 11.2. The number of hydrogen-bond acceptors (Lipinski definition) is 5. The third-order valence-corrected chi connectivity index (χ3v) is 6.44. The number of likely N-dealkylation sites (N-methyl/N-ethyl adjacent to an activating group) is 1.